The van der Waals surface area contributed by atoms with Gasteiger partial charge in [-0.15, -0.1) is 0 Å². The third-order valence-electron chi connectivity index (χ3n) is 5.93. The SMILES string of the molecule is CCCCCCCCC(=O)OCCOCCOCCOCCOCCOCCOCCOCCOC(=O)CCCCC. The maximum atomic E-state index is 11.6. The first-order valence-corrected chi connectivity index (χ1v) is 16.1. The minimum absolute atomic E-state index is 0.145. The monoisotopic (exact) mass is 608 g/mol. The second kappa shape index (κ2) is 35.9. The Balaban J connectivity index is 3.13. The average molecular weight is 609 g/mol. The standard InChI is InChI=1S/C31H60O11/c1-3-5-7-8-9-11-13-31(33)42-29-27-40-25-23-38-21-19-36-17-15-34-14-16-35-18-20-37-22-24-39-26-28-41-30(32)12-10-6-4-2/h3-29H2,1-2H3. The molecule has 0 amide bonds. The van der Waals surface area contributed by atoms with Crippen molar-refractivity contribution in [3.8, 4) is 0 Å². The van der Waals surface area contributed by atoms with E-state index in [-0.39, 0.29) is 25.2 Å². The lowest BCUT2D eigenvalue weighted by Gasteiger charge is -2.09. The van der Waals surface area contributed by atoms with Gasteiger partial charge in [-0.2, -0.15) is 0 Å². The largest absolute Gasteiger partial charge is 0.463 e. The third kappa shape index (κ3) is 34.9. The first-order valence-electron chi connectivity index (χ1n) is 16.1. The molecule has 0 aliphatic rings. The maximum Gasteiger partial charge on any atom is 0.305 e. The van der Waals surface area contributed by atoms with Crippen molar-refractivity contribution in [2.45, 2.75) is 84.5 Å². The highest BCUT2D eigenvalue weighted by Gasteiger charge is 2.03. The van der Waals surface area contributed by atoms with Crippen LogP contribution in [0.15, 0.2) is 0 Å². The highest BCUT2D eigenvalue weighted by atomic mass is 16.6. The summed E-state index contributed by atoms with van der Waals surface area (Å²) in [5.41, 5.74) is 0. The highest BCUT2D eigenvalue weighted by Crippen LogP contribution is 2.07. The molecule has 0 saturated heterocycles. The quantitative estimate of drug-likeness (QED) is 0.0747. The zero-order chi connectivity index (χ0) is 30.6. The lowest BCUT2D eigenvalue weighted by molar-refractivity contribution is -0.146. The molecular weight excluding hydrogens is 548 g/mol. The van der Waals surface area contributed by atoms with E-state index in [0.717, 1.165) is 32.1 Å². The third-order valence-corrected chi connectivity index (χ3v) is 5.93. The van der Waals surface area contributed by atoms with Crippen LogP contribution in [0.1, 0.15) is 84.5 Å². The van der Waals surface area contributed by atoms with Gasteiger partial charge in [0.2, 0.25) is 0 Å². The Labute approximate surface area is 254 Å². The Morgan fingerprint density at radius 1 is 0.333 bits per heavy atom. The van der Waals surface area contributed by atoms with Gasteiger partial charge in [0.05, 0.1) is 92.5 Å². The molecule has 0 spiro atoms. The molecule has 0 aliphatic heterocycles. The number of ether oxygens (including phenoxy) is 9. The summed E-state index contributed by atoms with van der Waals surface area (Å²) < 4.78 is 48.3. The van der Waals surface area contributed by atoms with Crippen LogP contribution >= 0.6 is 0 Å². The van der Waals surface area contributed by atoms with Crippen molar-refractivity contribution in [3.63, 3.8) is 0 Å². The van der Waals surface area contributed by atoms with Gasteiger partial charge in [0.15, 0.2) is 0 Å². The van der Waals surface area contributed by atoms with Gasteiger partial charge in [-0.1, -0.05) is 58.8 Å². The van der Waals surface area contributed by atoms with Crippen LogP contribution in [0, 0.1) is 0 Å². The van der Waals surface area contributed by atoms with Crippen molar-refractivity contribution >= 4 is 11.9 Å². The van der Waals surface area contributed by atoms with E-state index in [1.165, 1.54) is 25.7 Å². The zero-order valence-corrected chi connectivity index (χ0v) is 26.6. The van der Waals surface area contributed by atoms with Crippen molar-refractivity contribution in [3.05, 3.63) is 0 Å². The maximum absolute atomic E-state index is 11.6. The minimum Gasteiger partial charge on any atom is -0.463 e. The molecule has 0 fully saturated rings. The summed E-state index contributed by atoms with van der Waals surface area (Å²) >= 11 is 0. The molecule has 0 radical (unpaired) electrons. The molecule has 0 aromatic heterocycles. The van der Waals surface area contributed by atoms with E-state index in [2.05, 4.69) is 13.8 Å². The van der Waals surface area contributed by atoms with Gasteiger partial charge in [0.1, 0.15) is 13.2 Å². The fourth-order valence-electron chi connectivity index (χ4n) is 3.56. The summed E-state index contributed by atoms with van der Waals surface area (Å²) in [4.78, 5) is 23.1. The van der Waals surface area contributed by atoms with Crippen LogP contribution < -0.4 is 0 Å². The van der Waals surface area contributed by atoms with E-state index in [0.29, 0.717) is 105 Å². The lowest BCUT2D eigenvalue weighted by Crippen LogP contribution is -2.15. The minimum atomic E-state index is -0.160. The summed E-state index contributed by atoms with van der Waals surface area (Å²) in [5.74, 6) is -0.305. The molecule has 0 rings (SSSR count). The molecule has 42 heavy (non-hydrogen) atoms. The topological polar surface area (TPSA) is 117 Å². The highest BCUT2D eigenvalue weighted by molar-refractivity contribution is 5.69. The molecule has 0 heterocycles. The first kappa shape index (κ1) is 40.7. The van der Waals surface area contributed by atoms with Crippen molar-refractivity contribution in [2.24, 2.45) is 0 Å². The number of hydrogen-bond donors (Lipinski definition) is 0. The molecule has 0 bridgehead atoms. The summed E-state index contributed by atoms with van der Waals surface area (Å²) in [7, 11) is 0. The van der Waals surface area contributed by atoms with E-state index in [1.54, 1.807) is 0 Å². The van der Waals surface area contributed by atoms with Crippen molar-refractivity contribution in [1.29, 1.82) is 0 Å². The molecule has 0 aromatic rings. The number of rotatable bonds is 35. The van der Waals surface area contributed by atoms with Crippen LogP contribution in [-0.2, 0) is 52.2 Å². The second-order valence-corrected chi connectivity index (χ2v) is 9.70. The fourth-order valence-corrected chi connectivity index (χ4v) is 3.56. The summed E-state index contributed by atoms with van der Waals surface area (Å²) in [5, 5.41) is 0. The van der Waals surface area contributed by atoms with Crippen LogP contribution in [-0.4, -0.2) is 118 Å². The van der Waals surface area contributed by atoms with Crippen LogP contribution in [0.2, 0.25) is 0 Å². The van der Waals surface area contributed by atoms with Crippen molar-refractivity contribution in [2.75, 3.05) is 106 Å². The molecule has 11 nitrogen and oxygen atoms in total. The summed E-state index contributed by atoms with van der Waals surface area (Å²) in [6.45, 7) is 11.4. The molecule has 250 valence electrons. The Hall–Kier alpha value is -1.34. The molecule has 0 N–H and O–H groups in total. The Morgan fingerprint density at radius 3 is 0.905 bits per heavy atom. The van der Waals surface area contributed by atoms with Crippen LogP contribution in [0.4, 0.5) is 0 Å². The fraction of sp³-hybridized carbons (Fsp3) is 0.935. The number of hydrogen-bond acceptors (Lipinski definition) is 11. The normalized spacial score (nSPS) is 11.2. The Morgan fingerprint density at radius 2 is 0.571 bits per heavy atom. The predicted octanol–water partition coefficient (Wildman–Crippen LogP) is 4.52. The van der Waals surface area contributed by atoms with Crippen LogP contribution in [0.3, 0.4) is 0 Å². The van der Waals surface area contributed by atoms with E-state index in [1.807, 2.05) is 0 Å². The lowest BCUT2D eigenvalue weighted by atomic mass is 10.1. The molecular formula is C31H60O11. The summed E-state index contributed by atoms with van der Waals surface area (Å²) in [6.07, 6.45) is 10.9. The van der Waals surface area contributed by atoms with E-state index < -0.39 is 0 Å². The van der Waals surface area contributed by atoms with Crippen LogP contribution in [0.25, 0.3) is 0 Å². The van der Waals surface area contributed by atoms with E-state index >= 15 is 0 Å². The number of unbranched alkanes of at least 4 members (excludes halogenated alkanes) is 7. The van der Waals surface area contributed by atoms with E-state index in [4.69, 9.17) is 42.6 Å². The van der Waals surface area contributed by atoms with Gasteiger partial charge in [-0.25, -0.2) is 0 Å². The predicted molar refractivity (Wildman–Crippen MR) is 160 cm³/mol. The average Bonchev–Trinajstić information content (AvgIpc) is 2.99. The van der Waals surface area contributed by atoms with Crippen LogP contribution in [0.5, 0.6) is 0 Å². The molecule has 0 saturated carbocycles. The molecule has 0 unspecified atom stereocenters. The molecule has 11 heteroatoms. The van der Waals surface area contributed by atoms with Crippen molar-refractivity contribution in [1.82, 2.24) is 0 Å². The molecule has 0 atom stereocenters. The van der Waals surface area contributed by atoms with Gasteiger partial charge in [-0.3, -0.25) is 9.59 Å². The zero-order valence-electron chi connectivity index (χ0n) is 26.6. The van der Waals surface area contributed by atoms with Gasteiger partial charge < -0.3 is 42.6 Å². The van der Waals surface area contributed by atoms with E-state index in [9.17, 15) is 9.59 Å². The molecule has 0 aromatic carbocycles. The number of carbonyl (C=O) groups excluding carboxylic acids is 2. The van der Waals surface area contributed by atoms with Gasteiger partial charge in [0.25, 0.3) is 0 Å². The summed E-state index contributed by atoms with van der Waals surface area (Å²) in [6, 6.07) is 0. The smallest absolute Gasteiger partial charge is 0.305 e. The number of carbonyl (C=O) groups is 2. The van der Waals surface area contributed by atoms with Gasteiger partial charge >= 0.3 is 11.9 Å². The number of esters is 2. The Bertz CT molecular complexity index is 563. The van der Waals surface area contributed by atoms with Crippen molar-refractivity contribution < 1.29 is 52.2 Å². The first-order chi connectivity index (χ1) is 20.7. The van der Waals surface area contributed by atoms with Gasteiger partial charge in [0, 0.05) is 12.8 Å². The Kier molecular flexibility index (Phi) is 34.7. The second-order valence-electron chi connectivity index (χ2n) is 9.70. The van der Waals surface area contributed by atoms with Gasteiger partial charge in [-0.05, 0) is 12.8 Å². The molecule has 0 aliphatic carbocycles.